The Hall–Kier alpha value is -0.920. The molecule has 58 valence electrons. The van der Waals surface area contributed by atoms with Crippen LogP contribution >= 0.6 is 0 Å². The van der Waals surface area contributed by atoms with Crippen LogP contribution in [0.25, 0.3) is 0 Å². The number of rotatable bonds is 0. The fraction of sp³-hybridized carbons (Fsp3) is 0.600. The van der Waals surface area contributed by atoms with Crippen LogP contribution in [-0.2, 0) is 0 Å². The number of aliphatic hydroxyl groups is 1. The predicted molar refractivity (Wildman–Crippen MR) is 44.6 cm³/mol. The number of hydrogen-bond acceptors (Lipinski definition) is 1. The molecular weight excluding hydrogens is 136 g/mol. The van der Waals surface area contributed by atoms with Crippen molar-refractivity contribution in [2.24, 2.45) is 0 Å². The molecule has 0 unspecified atom stereocenters. The Morgan fingerprint density at radius 1 is 1.18 bits per heavy atom. The topological polar surface area (TPSA) is 20.2 Å². The van der Waals surface area contributed by atoms with Gasteiger partial charge in [0.15, 0.2) is 0 Å². The van der Waals surface area contributed by atoms with Crippen LogP contribution in [0, 0.1) is 24.2 Å². The maximum absolute atomic E-state index is 9.73. The Labute approximate surface area is 67.8 Å². The third-order valence-electron chi connectivity index (χ3n) is 2.05. The van der Waals surface area contributed by atoms with Crippen LogP contribution in [0.1, 0.15) is 32.1 Å². The van der Waals surface area contributed by atoms with Crippen LogP contribution in [0.15, 0.2) is 0 Å². The van der Waals surface area contributed by atoms with Crippen molar-refractivity contribution < 1.29 is 5.11 Å². The van der Waals surface area contributed by atoms with Crippen LogP contribution < -0.4 is 0 Å². The van der Waals surface area contributed by atoms with E-state index in [4.69, 9.17) is 6.42 Å². The molecule has 11 heavy (non-hydrogen) atoms. The van der Waals surface area contributed by atoms with Gasteiger partial charge in [0.25, 0.3) is 0 Å². The minimum Gasteiger partial charge on any atom is -0.378 e. The third kappa shape index (κ3) is 2.30. The first kappa shape index (κ1) is 8.18. The average molecular weight is 148 g/mol. The van der Waals surface area contributed by atoms with E-state index in [2.05, 4.69) is 17.8 Å². The maximum atomic E-state index is 9.73. The molecule has 0 aliphatic heterocycles. The molecule has 0 aromatic carbocycles. The SMILES string of the molecule is C#CC#CC1(O)CCCCC1. The third-order valence-corrected chi connectivity index (χ3v) is 2.05. The van der Waals surface area contributed by atoms with Crippen molar-refractivity contribution in [3.63, 3.8) is 0 Å². The molecule has 1 nitrogen and oxygen atoms in total. The molecule has 1 fully saturated rings. The molecule has 1 aliphatic carbocycles. The molecular formula is C10H12O. The van der Waals surface area contributed by atoms with E-state index in [1.807, 2.05) is 0 Å². The van der Waals surface area contributed by atoms with E-state index in [1.54, 1.807) is 0 Å². The zero-order chi connectivity index (χ0) is 8.16. The molecule has 0 bridgehead atoms. The second-order valence-electron chi connectivity index (χ2n) is 2.99. The highest BCUT2D eigenvalue weighted by Gasteiger charge is 2.26. The van der Waals surface area contributed by atoms with E-state index < -0.39 is 5.60 Å². The van der Waals surface area contributed by atoms with Crippen LogP contribution in [0.2, 0.25) is 0 Å². The van der Waals surface area contributed by atoms with E-state index >= 15 is 0 Å². The Morgan fingerprint density at radius 2 is 1.82 bits per heavy atom. The monoisotopic (exact) mass is 148 g/mol. The molecule has 0 spiro atoms. The molecule has 0 atom stereocenters. The molecule has 1 N–H and O–H groups in total. The van der Waals surface area contributed by atoms with Crippen LogP contribution in [0.4, 0.5) is 0 Å². The fourth-order valence-electron chi connectivity index (χ4n) is 1.41. The van der Waals surface area contributed by atoms with Crippen molar-refractivity contribution in [2.45, 2.75) is 37.7 Å². The summed E-state index contributed by atoms with van der Waals surface area (Å²) in [5.74, 6) is 7.42. The first-order chi connectivity index (χ1) is 5.27. The molecule has 1 rings (SSSR count). The number of terminal acetylenes is 1. The van der Waals surface area contributed by atoms with Gasteiger partial charge in [-0.05, 0) is 37.5 Å². The summed E-state index contributed by atoms with van der Waals surface area (Å²) in [7, 11) is 0. The zero-order valence-electron chi connectivity index (χ0n) is 6.56. The van der Waals surface area contributed by atoms with E-state index in [0.717, 1.165) is 25.7 Å². The van der Waals surface area contributed by atoms with Gasteiger partial charge in [0.2, 0.25) is 0 Å². The molecule has 0 saturated heterocycles. The van der Waals surface area contributed by atoms with Crippen LogP contribution in [0.3, 0.4) is 0 Å². The second kappa shape index (κ2) is 3.46. The van der Waals surface area contributed by atoms with Gasteiger partial charge in [-0.2, -0.15) is 0 Å². The Balaban J connectivity index is 2.58. The quantitative estimate of drug-likeness (QED) is 0.514. The predicted octanol–water partition coefficient (Wildman–Crippen LogP) is 1.32. The Kier molecular flexibility index (Phi) is 2.58. The summed E-state index contributed by atoms with van der Waals surface area (Å²) >= 11 is 0. The molecule has 0 radical (unpaired) electrons. The highest BCUT2D eigenvalue weighted by Crippen LogP contribution is 2.26. The zero-order valence-corrected chi connectivity index (χ0v) is 6.56. The lowest BCUT2D eigenvalue weighted by Crippen LogP contribution is -2.29. The second-order valence-corrected chi connectivity index (χ2v) is 2.99. The van der Waals surface area contributed by atoms with Gasteiger partial charge >= 0.3 is 0 Å². The number of hydrogen-bond donors (Lipinski definition) is 1. The maximum Gasteiger partial charge on any atom is 0.126 e. The lowest BCUT2D eigenvalue weighted by atomic mass is 9.85. The van der Waals surface area contributed by atoms with Crippen molar-refractivity contribution in [2.75, 3.05) is 0 Å². The summed E-state index contributed by atoms with van der Waals surface area (Å²) in [6.07, 6.45) is 9.87. The van der Waals surface area contributed by atoms with Gasteiger partial charge in [-0.1, -0.05) is 12.3 Å². The molecule has 0 amide bonds. The largest absolute Gasteiger partial charge is 0.378 e. The van der Waals surface area contributed by atoms with Crippen molar-refractivity contribution >= 4 is 0 Å². The van der Waals surface area contributed by atoms with E-state index in [1.165, 1.54) is 6.42 Å². The minimum absolute atomic E-state index is 0.773. The molecule has 0 heterocycles. The summed E-state index contributed by atoms with van der Waals surface area (Å²) in [6, 6.07) is 0. The first-order valence-corrected chi connectivity index (χ1v) is 3.97. The smallest absolute Gasteiger partial charge is 0.126 e. The van der Waals surface area contributed by atoms with Gasteiger partial charge in [-0.25, -0.2) is 0 Å². The fourth-order valence-corrected chi connectivity index (χ4v) is 1.41. The van der Waals surface area contributed by atoms with Crippen molar-refractivity contribution in [3.8, 4) is 24.2 Å². The lowest BCUT2D eigenvalue weighted by Gasteiger charge is -2.26. The van der Waals surface area contributed by atoms with Gasteiger partial charge < -0.3 is 5.11 Å². The molecule has 1 aliphatic rings. The van der Waals surface area contributed by atoms with E-state index in [-0.39, 0.29) is 0 Å². The normalized spacial score (nSPS) is 21.1. The van der Waals surface area contributed by atoms with Crippen molar-refractivity contribution in [1.82, 2.24) is 0 Å². The Bertz CT molecular complexity index is 217. The van der Waals surface area contributed by atoms with E-state index in [9.17, 15) is 5.11 Å². The summed E-state index contributed by atoms with van der Waals surface area (Å²) in [5, 5.41) is 9.73. The lowest BCUT2D eigenvalue weighted by molar-refractivity contribution is 0.0610. The molecule has 1 heteroatoms. The van der Waals surface area contributed by atoms with Crippen LogP contribution in [-0.4, -0.2) is 10.7 Å². The van der Waals surface area contributed by atoms with Gasteiger partial charge in [-0.3, -0.25) is 0 Å². The van der Waals surface area contributed by atoms with E-state index in [0.29, 0.717) is 0 Å². The van der Waals surface area contributed by atoms with Crippen LogP contribution in [0.5, 0.6) is 0 Å². The first-order valence-electron chi connectivity index (χ1n) is 3.97. The van der Waals surface area contributed by atoms with Crippen molar-refractivity contribution in [3.05, 3.63) is 0 Å². The van der Waals surface area contributed by atoms with Gasteiger partial charge in [0, 0.05) is 0 Å². The summed E-state index contributed by atoms with van der Waals surface area (Å²) in [6.45, 7) is 0. The highest BCUT2D eigenvalue weighted by atomic mass is 16.3. The summed E-state index contributed by atoms with van der Waals surface area (Å²) in [4.78, 5) is 0. The molecule has 0 aromatic heterocycles. The van der Waals surface area contributed by atoms with Gasteiger partial charge in [0.05, 0.1) is 0 Å². The highest BCUT2D eigenvalue weighted by molar-refractivity contribution is 5.27. The molecule has 1 saturated carbocycles. The van der Waals surface area contributed by atoms with Gasteiger partial charge in [-0.15, -0.1) is 6.42 Å². The summed E-state index contributed by atoms with van der Waals surface area (Å²) < 4.78 is 0. The molecule has 0 aromatic rings. The van der Waals surface area contributed by atoms with Crippen molar-refractivity contribution in [1.29, 1.82) is 0 Å². The Morgan fingerprint density at radius 3 is 2.36 bits per heavy atom. The standard InChI is InChI=1S/C10H12O/c1-2-3-7-10(11)8-5-4-6-9-10/h1,11H,4-6,8-9H2. The average Bonchev–Trinajstić information content (AvgIpc) is 2.03. The summed E-state index contributed by atoms with van der Waals surface area (Å²) in [5.41, 5.74) is -0.773. The minimum atomic E-state index is -0.773. The van der Waals surface area contributed by atoms with Gasteiger partial charge in [0.1, 0.15) is 5.60 Å².